The van der Waals surface area contributed by atoms with E-state index in [1.54, 1.807) is 0 Å². The number of nitrogens with zero attached hydrogens (tertiary/aromatic N) is 2. The first kappa shape index (κ1) is 25.9. The Balaban J connectivity index is 0.00000625. The van der Waals surface area contributed by atoms with E-state index in [1.807, 2.05) is 0 Å². The Hall–Kier alpha value is -0.0800. The molecule has 2 atom stereocenters. The van der Waals surface area contributed by atoms with Crippen LogP contribution in [0, 0.1) is 11.8 Å². The number of aliphatic hydroxyl groups is 1. The minimum Gasteiger partial charge on any atom is -0.396 e. The zero-order valence-electron chi connectivity index (χ0n) is 17.5. The lowest BCUT2D eigenvalue weighted by atomic mass is 9.83. The van der Waals surface area contributed by atoms with Crippen LogP contribution in [0.5, 0.6) is 0 Å². The quantitative estimate of drug-likeness (QED) is 0.240. The Kier molecular flexibility index (Phi) is 15.9. The summed E-state index contributed by atoms with van der Waals surface area (Å²) in [7, 11) is 4.40. The van der Waals surface area contributed by atoms with Gasteiger partial charge in [0, 0.05) is 32.3 Å². The largest absolute Gasteiger partial charge is 0.396 e. The van der Waals surface area contributed by atoms with Crippen molar-refractivity contribution in [3.8, 4) is 0 Å². The molecule has 3 N–H and O–H groups in total. The molecule has 0 amide bonds. The van der Waals surface area contributed by atoms with Crippen LogP contribution in [0.3, 0.4) is 0 Å². The summed E-state index contributed by atoms with van der Waals surface area (Å²) in [6.45, 7) is 7.18. The van der Waals surface area contributed by atoms with Crippen molar-refractivity contribution >= 4 is 29.9 Å². The van der Waals surface area contributed by atoms with Crippen molar-refractivity contribution in [2.45, 2.75) is 71.3 Å². The molecule has 0 aromatic heterocycles. The Morgan fingerprint density at radius 1 is 1.12 bits per heavy atom. The zero-order chi connectivity index (χ0) is 18.5. The van der Waals surface area contributed by atoms with E-state index in [2.05, 4.69) is 43.5 Å². The highest BCUT2D eigenvalue weighted by Gasteiger charge is 2.25. The van der Waals surface area contributed by atoms with Gasteiger partial charge in [0.15, 0.2) is 5.96 Å². The van der Waals surface area contributed by atoms with Crippen LogP contribution in [-0.4, -0.2) is 62.3 Å². The molecule has 0 saturated heterocycles. The van der Waals surface area contributed by atoms with Gasteiger partial charge in [-0.15, -0.1) is 24.0 Å². The van der Waals surface area contributed by atoms with E-state index < -0.39 is 0 Å². The predicted octanol–water partition coefficient (Wildman–Crippen LogP) is 3.47. The molecule has 1 rings (SSSR count). The third-order valence-corrected chi connectivity index (χ3v) is 5.42. The number of likely N-dealkylation sites (N-methyl/N-ethyl adjacent to an activating group) is 1. The third-order valence-electron chi connectivity index (χ3n) is 5.42. The molecule has 26 heavy (non-hydrogen) atoms. The summed E-state index contributed by atoms with van der Waals surface area (Å²) in [5.74, 6) is 2.19. The van der Waals surface area contributed by atoms with Crippen molar-refractivity contribution in [3.05, 3.63) is 0 Å². The fourth-order valence-electron chi connectivity index (χ4n) is 3.97. The number of aliphatic imine (C=N–C) groups is 1. The maximum Gasteiger partial charge on any atom is 0.191 e. The van der Waals surface area contributed by atoms with Gasteiger partial charge in [0.05, 0.1) is 0 Å². The summed E-state index contributed by atoms with van der Waals surface area (Å²) in [5, 5.41) is 16.2. The molecule has 0 aromatic rings. The average molecular weight is 482 g/mol. The lowest BCUT2D eigenvalue weighted by molar-refractivity contribution is 0.171. The minimum absolute atomic E-state index is 0. The van der Waals surface area contributed by atoms with E-state index in [4.69, 9.17) is 4.99 Å². The van der Waals surface area contributed by atoms with Crippen LogP contribution in [-0.2, 0) is 0 Å². The van der Waals surface area contributed by atoms with Gasteiger partial charge in [0.1, 0.15) is 0 Å². The smallest absolute Gasteiger partial charge is 0.191 e. The number of aliphatic hydroxyl groups excluding tert-OH is 1. The summed E-state index contributed by atoms with van der Waals surface area (Å²) in [5.41, 5.74) is 0. The highest BCUT2D eigenvalue weighted by Crippen LogP contribution is 2.28. The SMILES string of the molecule is CCCC(CCO)CN=C(NCC)NCC(C1CCCCC1)N(C)C.I. The molecule has 1 saturated carbocycles. The van der Waals surface area contributed by atoms with E-state index in [0.29, 0.717) is 12.0 Å². The van der Waals surface area contributed by atoms with Crippen LogP contribution in [0.4, 0.5) is 0 Å². The van der Waals surface area contributed by atoms with Crippen LogP contribution < -0.4 is 10.6 Å². The van der Waals surface area contributed by atoms with Crippen molar-refractivity contribution in [1.82, 2.24) is 15.5 Å². The lowest BCUT2D eigenvalue weighted by Gasteiger charge is -2.35. The molecular weight excluding hydrogens is 439 g/mol. The second-order valence-electron chi connectivity index (χ2n) is 7.70. The van der Waals surface area contributed by atoms with Gasteiger partial charge >= 0.3 is 0 Å². The highest BCUT2D eigenvalue weighted by atomic mass is 127. The van der Waals surface area contributed by atoms with Gasteiger partial charge in [0.25, 0.3) is 0 Å². The predicted molar refractivity (Wildman–Crippen MR) is 124 cm³/mol. The second kappa shape index (κ2) is 15.9. The Labute approximate surface area is 178 Å². The molecule has 5 nitrogen and oxygen atoms in total. The maximum absolute atomic E-state index is 9.23. The van der Waals surface area contributed by atoms with E-state index in [0.717, 1.165) is 50.8 Å². The summed E-state index contributed by atoms with van der Waals surface area (Å²) in [6.07, 6.45) is 9.99. The van der Waals surface area contributed by atoms with E-state index in [1.165, 1.54) is 32.1 Å². The molecule has 0 spiro atoms. The second-order valence-corrected chi connectivity index (χ2v) is 7.70. The first-order valence-corrected chi connectivity index (χ1v) is 10.4. The fourth-order valence-corrected chi connectivity index (χ4v) is 3.97. The standard InChI is InChI=1S/C20H42N4O.HI/c1-5-10-17(13-14-25)15-22-20(21-6-2)23-16-19(24(3)4)18-11-8-7-9-12-18;/h17-19,25H,5-16H2,1-4H3,(H2,21,22,23);1H. The fraction of sp³-hybridized carbons (Fsp3) is 0.950. The molecule has 6 heteroatoms. The van der Waals surface area contributed by atoms with Gasteiger partial charge in [-0.3, -0.25) is 4.99 Å². The third kappa shape index (κ3) is 10.3. The summed E-state index contributed by atoms with van der Waals surface area (Å²) in [6, 6.07) is 0.563. The molecule has 1 aliphatic carbocycles. The van der Waals surface area contributed by atoms with E-state index in [-0.39, 0.29) is 30.6 Å². The molecular formula is C20H43IN4O. The number of guanidine groups is 1. The summed E-state index contributed by atoms with van der Waals surface area (Å²) < 4.78 is 0. The first-order valence-electron chi connectivity index (χ1n) is 10.4. The molecule has 156 valence electrons. The number of hydrogen-bond acceptors (Lipinski definition) is 3. The first-order chi connectivity index (χ1) is 12.1. The molecule has 0 bridgehead atoms. The molecule has 0 aromatic carbocycles. The average Bonchev–Trinajstić information content (AvgIpc) is 2.60. The Morgan fingerprint density at radius 3 is 2.35 bits per heavy atom. The van der Waals surface area contributed by atoms with Crippen molar-refractivity contribution in [2.24, 2.45) is 16.8 Å². The number of rotatable bonds is 11. The zero-order valence-corrected chi connectivity index (χ0v) is 19.8. The van der Waals surface area contributed by atoms with Gasteiger partial charge in [-0.2, -0.15) is 0 Å². The molecule has 0 radical (unpaired) electrons. The molecule has 2 unspecified atom stereocenters. The van der Waals surface area contributed by atoms with Gasteiger partial charge in [0.2, 0.25) is 0 Å². The monoisotopic (exact) mass is 482 g/mol. The van der Waals surface area contributed by atoms with Crippen LogP contribution in [0.15, 0.2) is 4.99 Å². The van der Waals surface area contributed by atoms with Crippen molar-refractivity contribution in [2.75, 3.05) is 40.3 Å². The lowest BCUT2D eigenvalue weighted by Crippen LogP contribution is -2.48. The summed E-state index contributed by atoms with van der Waals surface area (Å²) in [4.78, 5) is 7.17. The van der Waals surface area contributed by atoms with Crippen molar-refractivity contribution in [1.29, 1.82) is 0 Å². The molecule has 0 heterocycles. The van der Waals surface area contributed by atoms with Gasteiger partial charge in [-0.05, 0) is 58.5 Å². The van der Waals surface area contributed by atoms with Crippen LogP contribution in [0.25, 0.3) is 0 Å². The molecule has 0 aliphatic heterocycles. The van der Waals surface area contributed by atoms with Gasteiger partial charge in [-0.25, -0.2) is 0 Å². The van der Waals surface area contributed by atoms with Gasteiger partial charge < -0.3 is 20.6 Å². The normalized spacial score (nSPS) is 18.3. The minimum atomic E-state index is 0. The van der Waals surface area contributed by atoms with Crippen LogP contribution >= 0.6 is 24.0 Å². The Bertz CT molecular complexity index is 354. The summed E-state index contributed by atoms with van der Waals surface area (Å²) >= 11 is 0. The topological polar surface area (TPSA) is 59.9 Å². The number of nitrogens with one attached hydrogen (secondary N) is 2. The molecule has 1 aliphatic rings. The van der Waals surface area contributed by atoms with Crippen molar-refractivity contribution < 1.29 is 5.11 Å². The molecule has 1 fully saturated rings. The van der Waals surface area contributed by atoms with Crippen LogP contribution in [0.1, 0.15) is 65.2 Å². The van der Waals surface area contributed by atoms with E-state index in [9.17, 15) is 5.11 Å². The Morgan fingerprint density at radius 2 is 1.81 bits per heavy atom. The van der Waals surface area contributed by atoms with Gasteiger partial charge in [-0.1, -0.05) is 32.6 Å². The maximum atomic E-state index is 9.23. The highest BCUT2D eigenvalue weighted by molar-refractivity contribution is 14.0. The number of halogens is 1. The van der Waals surface area contributed by atoms with Crippen LogP contribution in [0.2, 0.25) is 0 Å². The number of hydrogen-bond donors (Lipinski definition) is 3. The van der Waals surface area contributed by atoms with E-state index >= 15 is 0 Å². The van der Waals surface area contributed by atoms with Crippen molar-refractivity contribution in [3.63, 3.8) is 0 Å².